The molecule has 0 N–H and O–H groups in total. The maximum Gasteiger partial charge on any atom is -0.0138 e. The highest BCUT2D eigenvalue weighted by Crippen LogP contribution is 2.19. The quantitative estimate of drug-likeness (QED) is 0.509. The largest absolute Gasteiger partial charge is 0.103 e. The Labute approximate surface area is 62.9 Å². The van der Waals surface area contributed by atoms with Crippen LogP contribution in [0, 0.1) is 0 Å². The first-order valence-electron chi connectivity index (χ1n) is 3.79. The summed E-state index contributed by atoms with van der Waals surface area (Å²) in [7, 11) is 0. The lowest BCUT2D eigenvalue weighted by Gasteiger charge is -2.09. The molecule has 0 nitrogen and oxygen atoms in total. The van der Waals surface area contributed by atoms with Crippen molar-refractivity contribution in [1.29, 1.82) is 0 Å². The molecule has 0 heteroatoms. The molecule has 0 aromatic rings. The van der Waals surface area contributed by atoms with Crippen LogP contribution in [0.3, 0.4) is 0 Å². The molecule has 0 saturated carbocycles. The van der Waals surface area contributed by atoms with Gasteiger partial charge in [0, 0.05) is 0 Å². The zero-order valence-electron chi connectivity index (χ0n) is 6.56. The molecule has 10 heavy (non-hydrogen) atoms. The minimum atomic E-state index is 1.06. The fourth-order valence-corrected chi connectivity index (χ4v) is 1.14. The van der Waals surface area contributed by atoms with Gasteiger partial charge in [0.25, 0.3) is 0 Å². The summed E-state index contributed by atoms with van der Waals surface area (Å²) in [6.45, 7) is 5.89. The van der Waals surface area contributed by atoms with E-state index >= 15 is 0 Å². The topological polar surface area (TPSA) is 0 Å². The van der Waals surface area contributed by atoms with Gasteiger partial charge in [0.1, 0.15) is 0 Å². The standard InChI is InChI=1S/C10H14/c1-3-4-10-7-5-9(2)6-8-10/h3,5,7H,1,4,6,8H2,2H3. The van der Waals surface area contributed by atoms with Crippen LogP contribution >= 0.6 is 0 Å². The van der Waals surface area contributed by atoms with E-state index in [0.717, 1.165) is 6.42 Å². The Morgan fingerprint density at radius 1 is 1.50 bits per heavy atom. The molecule has 54 valence electrons. The fraction of sp³-hybridized carbons (Fsp3) is 0.400. The molecular weight excluding hydrogens is 120 g/mol. The van der Waals surface area contributed by atoms with Crippen molar-refractivity contribution in [2.75, 3.05) is 0 Å². The molecule has 0 saturated heterocycles. The van der Waals surface area contributed by atoms with Crippen molar-refractivity contribution in [2.24, 2.45) is 0 Å². The number of hydrogen-bond donors (Lipinski definition) is 0. The molecule has 0 heterocycles. The van der Waals surface area contributed by atoms with Crippen LogP contribution in [-0.4, -0.2) is 0 Å². The SMILES string of the molecule is C=CCC1=CC=C(C)CC1. The van der Waals surface area contributed by atoms with Crippen LogP contribution in [0.1, 0.15) is 26.2 Å². The lowest BCUT2D eigenvalue weighted by atomic mass is 9.97. The zero-order chi connectivity index (χ0) is 7.40. The summed E-state index contributed by atoms with van der Waals surface area (Å²) in [6, 6.07) is 0. The molecular formula is C10H14. The molecule has 0 aliphatic heterocycles. The summed E-state index contributed by atoms with van der Waals surface area (Å²) in [5.41, 5.74) is 3.01. The zero-order valence-corrected chi connectivity index (χ0v) is 6.56. The summed E-state index contributed by atoms with van der Waals surface area (Å²) in [4.78, 5) is 0. The number of rotatable bonds is 2. The van der Waals surface area contributed by atoms with Crippen LogP contribution in [0.5, 0.6) is 0 Å². The molecule has 0 aromatic carbocycles. The molecule has 1 rings (SSSR count). The van der Waals surface area contributed by atoms with E-state index in [2.05, 4.69) is 25.7 Å². The van der Waals surface area contributed by atoms with E-state index in [1.807, 2.05) is 6.08 Å². The van der Waals surface area contributed by atoms with E-state index in [0.29, 0.717) is 0 Å². The Bertz CT molecular complexity index is 182. The summed E-state index contributed by atoms with van der Waals surface area (Å²) in [6.07, 6.45) is 9.93. The van der Waals surface area contributed by atoms with Gasteiger partial charge in [-0.05, 0) is 26.2 Å². The summed E-state index contributed by atoms with van der Waals surface area (Å²) in [5.74, 6) is 0. The van der Waals surface area contributed by atoms with Crippen molar-refractivity contribution in [3.63, 3.8) is 0 Å². The maximum absolute atomic E-state index is 3.71. The van der Waals surface area contributed by atoms with Crippen molar-refractivity contribution in [3.05, 3.63) is 36.0 Å². The van der Waals surface area contributed by atoms with Gasteiger partial charge in [0.15, 0.2) is 0 Å². The summed E-state index contributed by atoms with van der Waals surface area (Å²) >= 11 is 0. The van der Waals surface area contributed by atoms with Gasteiger partial charge in [-0.15, -0.1) is 6.58 Å². The van der Waals surface area contributed by atoms with E-state index < -0.39 is 0 Å². The summed E-state index contributed by atoms with van der Waals surface area (Å²) < 4.78 is 0. The highest BCUT2D eigenvalue weighted by Gasteiger charge is 1.99. The van der Waals surface area contributed by atoms with Gasteiger partial charge < -0.3 is 0 Å². The van der Waals surface area contributed by atoms with Crippen molar-refractivity contribution in [1.82, 2.24) is 0 Å². The predicted octanol–water partition coefficient (Wildman–Crippen LogP) is 3.23. The monoisotopic (exact) mass is 134 g/mol. The van der Waals surface area contributed by atoms with Crippen LogP contribution in [0.4, 0.5) is 0 Å². The van der Waals surface area contributed by atoms with E-state index in [9.17, 15) is 0 Å². The van der Waals surface area contributed by atoms with Crippen LogP contribution in [0.25, 0.3) is 0 Å². The smallest absolute Gasteiger partial charge is 0.0138 e. The molecule has 0 bridgehead atoms. The Balaban J connectivity index is 2.55. The Morgan fingerprint density at radius 2 is 2.30 bits per heavy atom. The van der Waals surface area contributed by atoms with E-state index in [1.54, 1.807) is 0 Å². The van der Waals surface area contributed by atoms with Gasteiger partial charge >= 0.3 is 0 Å². The third kappa shape index (κ3) is 1.87. The van der Waals surface area contributed by atoms with E-state index in [4.69, 9.17) is 0 Å². The van der Waals surface area contributed by atoms with E-state index in [-0.39, 0.29) is 0 Å². The highest BCUT2D eigenvalue weighted by molar-refractivity contribution is 5.23. The first-order valence-corrected chi connectivity index (χ1v) is 3.79. The first kappa shape index (κ1) is 7.33. The second-order valence-electron chi connectivity index (χ2n) is 2.83. The average molecular weight is 134 g/mol. The van der Waals surface area contributed by atoms with Gasteiger partial charge in [-0.1, -0.05) is 29.4 Å². The Hall–Kier alpha value is -0.780. The molecule has 0 aromatic heterocycles. The second kappa shape index (κ2) is 3.40. The molecule has 0 atom stereocenters. The van der Waals surface area contributed by atoms with Gasteiger partial charge in [-0.25, -0.2) is 0 Å². The van der Waals surface area contributed by atoms with Gasteiger partial charge in [0.05, 0.1) is 0 Å². The molecule has 0 radical (unpaired) electrons. The van der Waals surface area contributed by atoms with Crippen LogP contribution in [-0.2, 0) is 0 Å². The summed E-state index contributed by atoms with van der Waals surface area (Å²) in [5, 5.41) is 0. The van der Waals surface area contributed by atoms with Crippen molar-refractivity contribution in [2.45, 2.75) is 26.2 Å². The van der Waals surface area contributed by atoms with Crippen LogP contribution < -0.4 is 0 Å². The Kier molecular flexibility index (Phi) is 2.49. The Morgan fingerprint density at radius 3 is 2.80 bits per heavy atom. The minimum Gasteiger partial charge on any atom is -0.103 e. The molecule has 0 unspecified atom stereocenters. The van der Waals surface area contributed by atoms with E-state index in [1.165, 1.54) is 24.0 Å². The number of hydrogen-bond acceptors (Lipinski definition) is 0. The van der Waals surface area contributed by atoms with Gasteiger partial charge in [-0.2, -0.15) is 0 Å². The van der Waals surface area contributed by atoms with Crippen molar-refractivity contribution < 1.29 is 0 Å². The molecule has 0 fully saturated rings. The van der Waals surface area contributed by atoms with Gasteiger partial charge in [0.2, 0.25) is 0 Å². The maximum atomic E-state index is 3.71. The lowest BCUT2D eigenvalue weighted by molar-refractivity contribution is 0.880. The lowest BCUT2D eigenvalue weighted by Crippen LogP contribution is -1.89. The molecule has 0 amide bonds. The average Bonchev–Trinajstić information content (AvgIpc) is 1.95. The fourth-order valence-electron chi connectivity index (χ4n) is 1.14. The minimum absolute atomic E-state index is 1.06. The van der Waals surface area contributed by atoms with Crippen LogP contribution in [0.15, 0.2) is 36.0 Å². The van der Waals surface area contributed by atoms with Crippen molar-refractivity contribution >= 4 is 0 Å². The highest BCUT2D eigenvalue weighted by atomic mass is 14.1. The third-order valence-electron chi connectivity index (χ3n) is 1.85. The van der Waals surface area contributed by atoms with Crippen molar-refractivity contribution in [3.8, 4) is 0 Å². The van der Waals surface area contributed by atoms with Crippen LogP contribution in [0.2, 0.25) is 0 Å². The normalized spacial score (nSPS) is 17.7. The van der Waals surface area contributed by atoms with Gasteiger partial charge in [-0.3, -0.25) is 0 Å². The molecule has 0 spiro atoms. The number of allylic oxidation sites excluding steroid dienone is 5. The molecule has 1 aliphatic rings. The predicted molar refractivity (Wildman–Crippen MR) is 45.9 cm³/mol. The third-order valence-corrected chi connectivity index (χ3v) is 1.85. The first-order chi connectivity index (χ1) is 4.83. The molecule has 1 aliphatic carbocycles. The second-order valence-corrected chi connectivity index (χ2v) is 2.83.